The van der Waals surface area contributed by atoms with Crippen LogP contribution in [0.25, 0.3) is 0 Å². The molecule has 2 heteroatoms. The van der Waals surface area contributed by atoms with Gasteiger partial charge in [0, 0.05) is 20.5 Å². The van der Waals surface area contributed by atoms with Gasteiger partial charge in [0.2, 0.25) is 5.91 Å². The summed E-state index contributed by atoms with van der Waals surface area (Å²) in [6.07, 6.45) is 9.19. The van der Waals surface area contributed by atoms with Gasteiger partial charge in [-0.1, -0.05) is 32.1 Å². The largest absolute Gasteiger partial charge is 0.349 e. The first kappa shape index (κ1) is 12.0. The number of hydrogen-bond donors (Lipinski definition) is 0. The topological polar surface area (TPSA) is 20.3 Å². The highest BCUT2D eigenvalue weighted by molar-refractivity contribution is 5.75. The standard InChI is InChI=1S/C13H21NO/c1-13(2,11-7-5-6-8-11)10-9-12(15)14(3)4/h5,7-8H,6,9-10H2,1-4H3. The third-order valence-electron chi connectivity index (χ3n) is 3.02. The molecule has 1 aliphatic carbocycles. The molecule has 0 spiro atoms. The van der Waals surface area contributed by atoms with E-state index in [9.17, 15) is 4.79 Å². The number of hydrogen-bond acceptors (Lipinski definition) is 1. The predicted octanol–water partition coefficient (Wildman–Crippen LogP) is 2.77. The molecule has 0 fully saturated rings. The summed E-state index contributed by atoms with van der Waals surface area (Å²) < 4.78 is 0. The first-order chi connectivity index (χ1) is 6.93. The Morgan fingerprint density at radius 2 is 2.13 bits per heavy atom. The van der Waals surface area contributed by atoms with Crippen LogP contribution >= 0.6 is 0 Å². The van der Waals surface area contributed by atoms with Gasteiger partial charge >= 0.3 is 0 Å². The van der Waals surface area contributed by atoms with Crippen molar-refractivity contribution in [1.82, 2.24) is 4.90 Å². The van der Waals surface area contributed by atoms with Crippen LogP contribution in [0.1, 0.15) is 33.1 Å². The van der Waals surface area contributed by atoms with Gasteiger partial charge in [0.25, 0.3) is 0 Å². The van der Waals surface area contributed by atoms with Gasteiger partial charge in [-0.05, 0) is 23.8 Å². The Labute approximate surface area is 92.7 Å². The lowest BCUT2D eigenvalue weighted by Crippen LogP contribution is -2.24. The fourth-order valence-corrected chi connectivity index (χ4v) is 1.75. The maximum atomic E-state index is 11.5. The first-order valence-electron chi connectivity index (χ1n) is 5.51. The summed E-state index contributed by atoms with van der Waals surface area (Å²) in [6.45, 7) is 4.41. The Morgan fingerprint density at radius 3 is 2.60 bits per heavy atom. The fraction of sp³-hybridized carbons (Fsp3) is 0.615. The molecule has 0 saturated heterocycles. The van der Waals surface area contributed by atoms with E-state index in [0.717, 1.165) is 12.8 Å². The summed E-state index contributed by atoms with van der Waals surface area (Å²) in [5, 5.41) is 0. The van der Waals surface area contributed by atoms with Crippen LogP contribution in [0.15, 0.2) is 23.8 Å². The van der Waals surface area contributed by atoms with Crippen LogP contribution in [0.5, 0.6) is 0 Å². The van der Waals surface area contributed by atoms with Crippen LogP contribution in [-0.4, -0.2) is 24.9 Å². The Kier molecular flexibility index (Phi) is 3.72. The minimum absolute atomic E-state index is 0.124. The molecular weight excluding hydrogens is 186 g/mol. The maximum Gasteiger partial charge on any atom is 0.222 e. The van der Waals surface area contributed by atoms with E-state index >= 15 is 0 Å². The molecule has 0 heterocycles. The van der Waals surface area contributed by atoms with Crippen molar-refractivity contribution >= 4 is 5.91 Å². The van der Waals surface area contributed by atoms with Crippen LogP contribution < -0.4 is 0 Å². The van der Waals surface area contributed by atoms with Gasteiger partial charge in [-0.3, -0.25) is 4.79 Å². The lowest BCUT2D eigenvalue weighted by atomic mass is 9.80. The zero-order chi connectivity index (χ0) is 11.5. The van der Waals surface area contributed by atoms with Gasteiger partial charge in [-0.2, -0.15) is 0 Å². The van der Waals surface area contributed by atoms with Crippen LogP contribution in [0.2, 0.25) is 0 Å². The molecule has 0 bridgehead atoms. The summed E-state index contributed by atoms with van der Waals surface area (Å²) in [5.74, 6) is 0.214. The third kappa shape index (κ3) is 3.22. The minimum Gasteiger partial charge on any atom is -0.349 e. The number of amides is 1. The molecule has 1 aliphatic rings. The number of nitrogens with zero attached hydrogens (tertiary/aromatic N) is 1. The molecule has 0 saturated carbocycles. The van der Waals surface area contributed by atoms with Crippen LogP contribution in [0.4, 0.5) is 0 Å². The van der Waals surface area contributed by atoms with Gasteiger partial charge in [0.15, 0.2) is 0 Å². The Bertz CT molecular complexity index is 298. The highest BCUT2D eigenvalue weighted by atomic mass is 16.2. The third-order valence-corrected chi connectivity index (χ3v) is 3.02. The Morgan fingerprint density at radius 1 is 1.47 bits per heavy atom. The van der Waals surface area contributed by atoms with Gasteiger partial charge in [-0.25, -0.2) is 0 Å². The summed E-state index contributed by atoms with van der Waals surface area (Å²) in [7, 11) is 3.62. The molecule has 1 amide bonds. The Balaban J connectivity index is 2.50. The summed E-state index contributed by atoms with van der Waals surface area (Å²) >= 11 is 0. The molecule has 0 atom stereocenters. The van der Waals surface area contributed by atoms with Crippen LogP contribution in [0, 0.1) is 5.41 Å². The van der Waals surface area contributed by atoms with Gasteiger partial charge in [-0.15, -0.1) is 0 Å². The van der Waals surface area contributed by atoms with Gasteiger partial charge < -0.3 is 4.90 Å². The average molecular weight is 207 g/mol. The van der Waals surface area contributed by atoms with Crippen LogP contribution in [-0.2, 0) is 4.79 Å². The predicted molar refractivity (Wildman–Crippen MR) is 63.5 cm³/mol. The fourth-order valence-electron chi connectivity index (χ4n) is 1.75. The molecule has 2 nitrogen and oxygen atoms in total. The van der Waals surface area contributed by atoms with Crippen molar-refractivity contribution in [2.75, 3.05) is 14.1 Å². The average Bonchev–Trinajstić information content (AvgIpc) is 2.67. The van der Waals surface area contributed by atoms with E-state index in [1.165, 1.54) is 5.57 Å². The molecule has 0 radical (unpaired) electrons. The first-order valence-corrected chi connectivity index (χ1v) is 5.51. The second-order valence-electron chi connectivity index (χ2n) is 4.97. The molecule has 0 aromatic carbocycles. The zero-order valence-corrected chi connectivity index (χ0v) is 10.2. The lowest BCUT2D eigenvalue weighted by molar-refractivity contribution is -0.129. The number of carbonyl (C=O) groups excluding carboxylic acids is 1. The van der Waals surface area contributed by atoms with Gasteiger partial charge in [0.1, 0.15) is 0 Å². The van der Waals surface area contributed by atoms with Crippen LogP contribution in [0.3, 0.4) is 0 Å². The molecule has 0 aromatic heterocycles. The van der Waals surface area contributed by atoms with Crippen molar-refractivity contribution in [2.24, 2.45) is 5.41 Å². The second-order valence-corrected chi connectivity index (χ2v) is 4.97. The summed E-state index contributed by atoms with van der Waals surface area (Å²) in [4.78, 5) is 13.2. The summed E-state index contributed by atoms with van der Waals surface area (Å²) in [5.41, 5.74) is 1.49. The number of allylic oxidation sites excluding steroid dienone is 4. The Hall–Kier alpha value is -1.05. The zero-order valence-electron chi connectivity index (χ0n) is 10.2. The molecule has 0 aliphatic heterocycles. The van der Waals surface area contributed by atoms with E-state index in [2.05, 4.69) is 32.1 Å². The monoisotopic (exact) mass is 207 g/mol. The number of carbonyl (C=O) groups is 1. The van der Waals surface area contributed by atoms with E-state index in [-0.39, 0.29) is 11.3 Å². The molecule has 0 unspecified atom stereocenters. The minimum atomic E-state index is 0.124. The molecule has 0 aromatic rings. The van der Waals surface area contributed by atoms with Crippen molar-refractivity contribution in [2.45, 2.75) is 33.1 Å². The van der Waals surface area contributed by atoms with E-state index in [0.29, 0.717) is 6.42 Å². The van der Waals surface area contributed by atoms with Crippen molar-refractivity contribution in [3.63, 3.8) is 0 Å². The lowest BCUT2D eigenvalue weighted by Gasteiger charge is -2.25. The van der Waals surface area contributed by atoms with Crippen molar-refractivity contribution in [3.05, 3.63) is 23.8 Å². The number of rotatable bonds is 4. The maximum absolute atomic E-state index is 11.5. The normalized spacial score (nSPS) is 15.3. The van der Waals surface area contributed by atoms with E-state index in [4.69, 9.17) is 0 Å². The molecule has 84 valence electrons. The summed E-state index contributed by atoms with van der Waals surface area (Å²) in [6, 6.07) is 0. The molecular formula is C13H21NO. The molecule has 0 N–H and O–H groups in total. The van der Waals surface area contributed by atoms with Gasteiger partial charge in [0.05, 0.1) is 0 Å². The van der Waals surface area contributed by atoms with E-state index < -0.39 is 0 Å². The van der Waals surface area contributed by atoms with Crippen molar-refractivity contribution < 1.29 is 4.79 Å². The second kappa shape index (κ2) is 4.65. The molecule has 1 rings (SSSR count). The van der Waals surface area contributed by atoms with E-state index in [1.807, 2.05) is 14.1 Å². The van der Waals surface area contributed by atoms with Crippen molar-refractivity contribution in [3.8, 4) is 0 Å². The molecule has 15 heavy (non-hydrogen) atoms. The smallest absolute Gasteiger partial charge is 0.222 e. The highest BCUT2D eigenvalue weighted by Crippen LogP contribution is 2.35. The SMILES string of the molecule is CN(C)C(=O)CCC(C)(C)C1=CCC=C1. The quantitative estimate of drug-likeness (QED) is 0.694. The van der Waals surface area contributed by atoms with E-state index in [1.54, 1.807) is 4.90 Å². The highest BCUT2D eigenvalue weighted by Gasteiger charge is 2.23. The van der Waals surface area contributed by atoms with Crippen molar-refractivity contribution in [1.29, 1.82) is 0 Å².